The first-order valence-corrected chi connectivity index (χ1v) is 10.9. The molecule has 0 radical (unpaired) electrons. The van der Waals surface area contributed by atoms with E-state index in [1.807, 2.05) is 0 Å². The van der Waals surface area contributed by atoms with E-state index in [1.165, 1.54) is 34.8 Å². The summed E-state index contributed by atoms with van der Waals surface area (Å²) in [5.74, 6) is -0.340. The average Bonchev–Trinajstić information content (AvgIpc) is 2.59. The Bertz CT molecular complexity index is 758. The highest BCUT2D eigenvalue weighted by atomic mass is 32.2. The smallest absolute Gasteiger partial charge is 0.406 e. The van der Waals surface area contributed by atoms with Gasteiger partial charge in [-0.3, -0.25) is 4.79 Å². The van der Waals surface area contributed by atoms with Gasteiger partial charge < -0.3 is 9.64 Å². The van der Waals surface area contributed by atoms with Crippen molar-refractivity contribution < 1.29 is 31.1 Å². The number of hydrogen-bond donors (Lipinski definition) is 0. The molecule has 0 saturated carbocycles. The van der Waals surface area contributed by atoms with Gasteiger partial charge in [-0.2, -0.15) is 4.31 Å². The van der Waals surface area contributed by atoms with Crippen LogP contribution in [0.25, 0.3) is 0 Å². The van der Waals surface area contributed by atoms with Gasteiger partial charge in [-0.15, -0.1) is 13.2 Å². The number of carbonyl (C=O) groups excluding carboxylic acids is 1. The minimum Gasteiger partial charge on any atom is -0.406 e. The summed E-state index contributed by atoms with van der Waals surface area (Å²) in [5.41, 5.74) is 0.743. The lowest BCUT2D eigenvalue weighted by molar-refractivity contribution is -0.274. The SMILES string of the molecule is CCN(C1CCN(C(=O)CCc2ccc(OC(F)(F)F)cc2)CC1)S(C)(=O)=O. The van der Waals surface area contributed by atoms with Crippen molar-refractivity contribution in [2.45, 2.75) is 45.0 Å². The van der Waals surface area contributed by atoms with Gasteiger partial charge in [0.25, 0.3) is 0 Å². The maximum absolute atomic E-state index is 12.4. The van der Waals surface area contributed by atoms with Crippen LogP contribution in [-0.2, 0) is 21.2 Å². The number of likely N-dealkylation sites (tertiary alicyclic amines) is 1. The molecule has 0 spiro atoms. The van der Waals surface area contributed by atoms with E-state index >= 15 is 0 Å². The Kier molecular flexibility index (Phi) is 7.33. The fourth-order valence-electron chi connectivity index (χ4n) is 3.43. The third-order valence-electron chi connectivity index (χ3n) is 4.75. The Morgan fingerprint density at radius 3 is 2.25 bits per heavy atom. The van der Waals surface area contributed by atoms with Crippen molar-refractivity contribution in [2.75, 3.05) is 25.9 Å². The fraction of sp³-hybridized carbons (Fsp3) is 0.611. The lowest BCUT2D eigenvalue weighted by atomic mass is 10.0. The molecule has 0 bridgehead atoms. The van der Waals surface area contributed by atoms with Crippen LogP contribution in [0, 0.1) is 0 Å². The van der Waals surface area contributed by atoms with Crippen LogP contribution >= 0.6 is 0 Å². The predicted molar refractivity (Wildman–Crippen MR) is 98.3 cm³/mol. The van der Waals surface area contributed by atoms with Crippen LogP contribution in [0.4, 0.5) is 13.2 Å². The molecular weight excluding hydrogens is 397 g/mol. The van der Waals surface area contributed by atoms with Crippen LogP contribution in [0.1, 0.15) is 31.7 Å². The molecule has 0 atom stereocenters. The molecule has 1 fully saturated rings. The van der Waals surface area contributed by atoms with Gasteiger partial charge in [0.2, 0.25) is 15.9 Å². The molecule has 1 aromatic rings. The lowest BCUT2D eigenvalue weighted by Gasteiger charge is -2.37. The van der Waals surface area contributed by atoms with E-state index in [0.717, 1.165) is 5.56 Å². The summed E-state index contributed by atoms with van der Waals surface area (Å²) in [5, 5.41) is 0. The first kappa shape index (κ1) is 22.5. The molecule has 0 N–H and O–H groups in total. The molecule has 0 aliphatic carbocycles. The van der Waals surface area contributed by atoms with Gasteiger partial charge in [-0.25, -0.2) is 8.42 Å². The number of ether oxygens (including phenoxy) is 1. The van der Waals surface area contributed by atoms with Gasteiger partial charge in [0.15, 0.2) is 0 Å². The highest BCUT2D eigenvalue weighted by Crippen LogP contribution is 2.23. The summed E-state index contributed by atoms with van der Waals surface area (Å²) in [4.78, 5) is 14.1. The number of hydrogen-bond acceptors (Lipinski definition) is 4. The van der Waals surface area contributed by atoms with Crippen molar-refractivity contribution in [1.29, 1.82) is 0 Å². The van der Waals surface area contributed by atoms with Gasteiger partial charge in [0.05, 0.1) is 6.26 Å². The summed E-state index contributed by atoms with van der Waals surface area (Å²) in [6.07, 6.45) is -1.69. The molecule has 1 aliphatic rings. The van der Waals surface area contributed by atoms with Gasteiger partial charge in [0.1, 0.15) is 5.75 Å². The Morgan fingerprint density at radius 1 is 1.21 bits per heavy atom. The van der Waals surface area contributed by atoms with Gasteiger partial charge >= 0.3 is 6.36 Å². The number of amides is 1. The summed E-state index contributed by atoms with van der Waals surface area (Å²) >= 11 is 0. The summed E-state index contributed by atoms with van der Waals surface area (Å²) in [7, 11) is -3.26. The van der Waals surface area contributed by atoms with Crippen LogP contribution < -0.4 is 4.74 Å². The van der Waals surface area contributed by atoms with Crippen molar-refractivity contribution in [3.05, 3.63) is 29.8 Å². The van der Waals surface area contributed by atoms with E-state index in [4.69, 9.17) is 0 Å². The highest BCUT2D eigenvalue weighted by molar-refractivity contribution is 7.88. The first-order valence-electron chi connectivity index (χ1n) is 9.09. The number of nitrogens with zero attached hydrogens (tertiary/aromatic N) is 2. The topological polar surface area (TPSA) is 66.9 Å². The van der Waals surface area contributed by atoms with Crippen LogP contribution in [-0.4, -0.2) is 61.8 Å². The zero-order valence-electron chi connectivity index (χ0n) is 15.9. The second kappa shape index (κ2) is 9.13. The Hall–Kier alpha value is -1.81. The van der Waals surface area contributed by atoms with Crippen molar-refractivity contribution in [3.63, 3.8) is 0 Å². The van der Waals surface area contributed by atoms with Gasteiger partial charge in [-0.1, -0.05) is 19.1 Å². The van der Waals surface area contributed by atoms with E-state index in [0.29, 0.717) is 38.9 Å². The Morgan fingerprint density at radius 2 is 1.79 bits per heavy atom. The lowest BCUT2D eigenvalue weighted by Crippen LogP contribution is -2.48. The van der Waals surface area contributed by atoms with E-state index < -0.39 is 16.4 Å². The number of aryl methyl sites for hydroxylation is 1. The molecule has 10 heteroatoms. The van der Waals surface area contributed by atoms with Gasteiger partial charge in [-0.05, 0) is 37.0 Å². The normalized spacial score (nSPS) is 16.4. The Balaban J connectivity index is 1.82. The number of carbonyl (C=O) groups is 1. The molecule has 0 aromatic heterocycles. The molecule has 158 valence electrons. The third kappa shape index (κ3) is 6.66. The quantitative estimate of drug-likeness (QED) is 0.678. The largest absolute Gasteiger partial charge is 0.573 e. The second-order valence-corrected chi connectivity index (χ2v) is 8.71. The molecule has 1 amide bonds. The van der Waals surface area contributed by atoms with Crippen molar-refractivity contribution in [3.8, 4) is 5.75 Å². The van der Waals surface area contributed by atoms with E-state index in [9.17, 15) is 26.4 Å². The van der Waals surface area contributed by atoms with E-state index in [1.54, 1.807) is 11.8 Å². The summed E-state index contributed by atoms with van der Waals surface area (Å²) in [6.45, 7) is 3.19. The molecule has 28 heavy (non-hydrogen) atoms. The average molecular weight is 422 g/mol. The monoisotopic (exact) mass is 422 g/mol. The second-order valence-electron chi connectivity index (χ2n) is 6.77. The fourth-order valence-corrected chi connectivity index (χ4v) is 4.66. The standard InChI is InChI=1S/C18H25F3N2O4S/c1-3-23(28(2,25)26)15-10-12-22(13-11-15)17(24)9-6-14-4-7-16(8-5-14)27-18(19,20)21/h4-5,7-8,15H,3,6,9-13H2,1-2H3. The van der Waals surface area contributed by atoms with Crippen LogP contribution in [0.2, 0.25) is 0 Å². The molecule has 2 rings (SSSR count). The number of halogens is 3. The molecule has 1 aliphatic heterocycles. The molecule has 0 unspecified atom stereocenters. The van der Waals surface area contributed by atoms with E-state index in [-0.39, 0.29) is 24.1 Å². The van der Waals surface area contributed by atoms with Gasteiger partial charge in [0, 0.05) is 32.1 Å². The molecule has 1 aromatic carbocycles. The molecule has 1 heterocycles. The maximum Gasteiger partial charge on any atom is 0.573 e. The minimum absolute atomic E-state index is 0.0449. The van der Waals surface area contributed by atoms with Crippen molar-refractivity contribution in [1.82, 2.24) is 9.21 Å². The zero-order chi connectivity index (χ0) is 20.9. The number of piperidine rings is 1. The summed E-state index contributed by atoms with van der Waals surface area (Å²) in [6, 6.07) is 5.37. The predicted octanol–water partition coefficient (Wildman–Crippen LogP) is 2.79. The number of rotatable bonds is 7. The van der Waals surface area contributed by atoms with E-state index in [2.05, 4.69) is 4.74 Å². The third-order valence-corrected chi connectivity index (χ3v) is 6.15. The maximum atomic E-state index is 12.4. The van der Waals surface area contributed by atoms with Crippen LogP contribution in [0.5, 0.6) is 5.75 Å². The number of benzene rings is 1. The first-order chi connectivity index (χ1) is 13.0. The zero-order valence-corrected chi connectivity index (χ0v) is 16.7. The molecular formula is C18H25F3N2O4S. The molecule has 1 saturated heterocycles. The van der Waals surface area contributed by atoms with Crippen LogP contribution in [0.15, 0.2) is 24.3 Å². The number of sulfonamides is 1. The van der Waals surface area contributed by atoms with Crippen LogP contribution in [0.3, 0.4) is 0 Å². The van der Waals surface area contributed by atoms with Crippen molar-refractivity contribution in [2.24, 2.45) is 0 Å². The van der Waals surface area contributed by atoms with Crippen molar-refractivity contribution >= 4 is 15.9 Å². The minimum atomic E-state index is -4.73. The summed E-state index contributed by atoms with van der Waals surface area (Å²) < 4.78 is 65.4. The number of alkyl halides is 3. The molecule has 6 nitrogen and oxygen atoms in total. The Labute approximate surface area is 163 Å². The highest BCUT2D eigenvalue weighted by Gasteiger charge is 2.31.